The topological polar surface area (TPSA) is 66.4 Å². The van der Waals surface area contributed by atoms with E-state index in [1.165, 1.54) is 5.56 Å². The molecule has 1 atom stereocenters. The molecule has 1 aromatic heterocycles. The van der Waals surface area contributed by atoms with Gasteiger partial charge in [0.2, 0.25) is 5.91 Å². The van der Waals surface area contributed by atoms with Crippen LogP contribution in [0.3, 0.4) is 0 Å². The first-order valence-corrected chi connectivity index (χ1v) is 11.0. The maximum Gasteiger partial charge on any atom is 0.257 e. The first kappa shape index (κ1) is 21.9. The van der Waals surface area contributed by atoms with Crippen molar-refractivity contribution in [3.05, 3.63) is 59.2 Å². The van der Waals surface area contributed by atoms with E-state index >= 15 is 0 Å². The molecule has 2 heterocycles. The fourth-order valence-electron chi connectivity index (χ4n) is 4.07. The van der Waals surface area contributed by atoms with Crippen molar-refractivity contribution in [3.63, 3.8) is 0 Å². The number of nitrogens with zero attached hydrogens (tertiary/aromatic N) is 4. The molecule has 0 aliphatic carbocycles. The molecule has 1 aliphatic rings. The second-order valence-corrected chi connectivity index (χ2v) is 7.79. The van der Waals surface area contributed by atoms with E-state index in [4.69, 9.17) is 0 Å². The molecule has 3 rings (SSSR count). The van der Waals surface area contributed by atoms with Gasteiger partial charge in [0.15, 0.2) is 5.82 Å². The fraction of sp³-hybridized carbons (Fsp3) is 0.500. The Balaban J connectivity index is 1.74. The molecule has 1 unspecified atom stereocenters. The fourth-order valence-corrected chi connectivity index (χ4v) is 4.07. The van der Waals surface area contributed by atoms with Gasteiger partial charge < -0.3 is 9.80 Å². The number of aromatic nitrogens is 2. The average Bonchev–Trinajstić information content (AvgIpc) is 2.78. The number of hydrogen-bond donors (Lipinski definition) is 0. The van der Waals surface area contributed by atoms with Crippen LogP contribution in [0.4, 0.5) is 0 Å². The summed E-state index contributed by atoms with van der Waals surface area (Å²) in [6.45, 7) is 7.83. The van der Waals surface area contributed by atoms with E-state index in [1.54, 1.807) is 11.1 Å². The van der Waals surface area contributed by atoms with Gasteiger partial charge in [0, 0.05) is 32.3 Å². The van der Waals surface area contributed by atoms with Crippen LogP contribution in [0.25, 0.3) is 0 Å². The lowest BCUT2D eigenvalue weighted by Gasteiger charge is -2.35. The Kier molecular flexibility index (Phi) is 7.55. The van der Waals surface area contributed by atoms with E-state index in [0.717, 1.165) is 32.2 Å². The highest BCUT2D eigenvalue weighted by molar-refractivity contribution is 5.94. The lowest BCUT2D eigenvalue weighted by atomic mass is 9.99. The van der Waals surface area contributed by atoms with E-state index < -0.39 is 0 Å². The average molecular weight is 409 g/mol. The first-order chi connectivity index (χ1) is 14.5. The van der Waals surface area contributed by atoms with Gasteiger partial charge in [-0.05, 0) is 52.0 Å². The largest absolute Gasteiger partial charge is 0.339 e. The third-order valence-corrected chi connectivity index (χ3v) is 5.87. The first-order valence-electron chi connectivity index (χ1n) is 11.0. The summed E-state index contributed by atoms with van der Waals surface area (Å²) in [4.78, 5) is 38.6. The minimum Gasteiger partial charge on any atom is -0.339 e. The molecule has 2 aromatic rings. The molecule has 1 aliphatic heterocycles. The van der Waals surface area contributed by atoms with Crippen LogP contribution in [0.5, 0.6) is 0 Å². The van der Waals surface area contributed by atoms with E-state index in [0.29, 0.717) is 36.6 Å². The molecule has 6 nitrogen and oxygen atoms in total. The molecule has 0 spiro atoms. The van der Waals surface area contributed by atoms with Gasteiger partial charge in [-0.2, -0.15) is 0 Å². The van der Waals surface area contributed by atoms with E-state index in [2.05, 4.69) is 22.1 Å². The summed E-state index contributed by atoms with van der Waals surface area (Å²) in [6.07, 6.45) is 5.78. The van der Waals surface area contributed by atoms with Crippen molar-refractivity contribution in [1.29, 1.82) is 0 Å². The molecule has 0 saturated carbocycles. The minimum atomic E-state index is -0.113. The lowest BCUT2D eigenvalue weighted by molar-refractivity contribution is -0.135. The maximum atomic E-state index is 13.0. The predicted molar refractivity (Wildman–Crippen MR) is 117 cm³/mol. The summed E-state index contributed by atoms with van der Waals surface area (Å²) >= 11 is 0. The molecule has 1 saturated heterocycles. The standard InChI is InChI=1S/C24H32N4O2/c1-4-27(5-2)24(30)20-17-25-23(26-18(20)3)21-13-9-10-16-28(21)22(29)15-14-19-11-7-6-8-12-19/h6-8,11-12,17,21H,4-5,9-10,13-16H2,1-3H3. The number of amides is 2. The number of likely N-dealkylation sites (tertiary alicyclic amines) is 1. The molecule has 0 radical (unpaired) electrons. The molecule has 160 valence electrons. The van der Waals surface area contributed by atoms with Crippen LogP contribution in [-0.2, 0) is 11.2 Å². The summed E-state index contributed by atoms with van der Waals surface area (Å²) < 4.78 is 0. The van der Waals surface area contributed by atoms with E-state index in [1.807, 2.05) is 43.9 Å². The Morgan fingerprint density at radius 1 is 1.13 bits per heavy atom. The van der Waals surface area contributed by atoms with Gasteiger partial charge in [-0.3, -0.25) is 9.59 Å². The number of rotatable bonds is 7. The Labute approximate surface area is 179 Å². The molecule has 0 N–H and O–H groups in total. The van der Waals surface area contributed by atoms with Crippen molar-refractivity contribution in [2.24, 2.45) is 0 Å². The van der Waals surface area contributed by atoms with Crippen LogP contribution in [0.2, 0.25) is 0 Å². The number of carbonyl (C=O) groups excluding carboxylic acids is 2. The van der Waals surface area contributed by atoms with Gasteiger partial charge in [0.25, 0.3) is 5.91 Å². The molecule has 30 heavy (non-hydrogen) atoms. The maximum absolute atomic E-state index is 13.0. The molecule has 1 aromatic carbocycles. The Morgan fingerprint density at radius 3 is 2.53 bits per heavy atom. The molecule has 0 bridgehead atoms. The summed E-state index contributed by atoms with van der Waals surface area (Å²) in [5, 5.41) is 0. The Bertz CT molecular complexity index is 865. The highest BCUT2D eigenvalue weighted by atomic mass is 16.2. The number of benzene rings is 1. The molecule has 2 amide bonds. The highest BCUT2D eigenvalue weighted by Gasteiger charge is 2.30. The van der Waals surface area contributed by atoms with Gasteiger partial charge >= 0.3 is 0 Å². The van der Waals surface area contributed by atoms with Gasteiger partial charge in [0.05, 0.1) is 17.3 Å². The second-order valence-electron chi connectivity index (χ2n) is 7.79. The summed E-state index contributed by atoms with van der Waals surface area (Å²) in [7, 11) is 0. The second kappa shape index (κ2) is 10.3. The number of hydrogen-bond acceptors (Lipinski definition) is 4. The van der Waals surface area contributed by atoms with Gasteiger partial charge in [-0.25, -0.2) is 9.97 Å². The zero-order valence-electron chi connectivity index (χ0n) is 18.3. The minimum absolute atomic E-state index is 0.0384. The monoisotopic (exact) mass is 408 g/mol. The van der Waals surface area contributed by atoms with Crippen LogP contribution in [0.15, 0.2) is 36.5 Å². The van der Waals surface area contributed by atoms with Crippen molar-refractivity contribution in [2.45, 2.75) is 58.9 Å². The lowest BCUT2D eigenvalue weighted by Crippen LogP contribution is -2.39. The Morgan fingerprint density at radius 2 is 1.87 bits per heavy atom. The smallest absolute Gasteiger partial charge is 0.257 e. The normalized spacial score (nSPS) is 16.4. The third kappa shape index (κ3) is 5.04. The molecular formula is C24H32N4O2. The molecule has 1 fully saturated rings. The summed E-state index contributed by atoms with van der Waals surface area (Å²) in [6, 6.07) is 9.99. The molecule has 6 heteroatoms. The SMILES string of the molecule is CCN(CC)C(=O)c1cnc(C2CCCCN2C(=O)CCc2ccccc2)nc1C. The highest BCUT2D eigenvalue weighted by Crippen LogP contribution is 2.30. The van der Waals surface area contributed by atoms with Crippen molar-refractivity contribution < 1.29 is 9.59 Å². The van der Waals surface area contributed by atoms with Gasteiger partial charge in [0.1, 0.15) is 0 Å². The van der Waals surface area contributed by atoms with E-state index in [-0.39, 0.29) is 17.9 Å². The van der Waals surface area contributed by atoms with Gasteiger partial charge in [-0.1, -0.05) is 30.3 Å². The summed E-state index contributed by atoms with van der Waals surface area (Å²) in [5.74, 6) is 0.757. The zero-order valence-corrected chi connectivity index (χ0v) is 18.3. The third-order valence-electron chi connectivity index (χ3n) is 5.87. The van der Waals surface area contributed by atoms with Crippen molar-refractivity contribution in [1.82, 2.24) is 19.8 Å². The van der Waals surface area contributed by atoms with Crippen molar-refractivity contribution >= 4 is 11.8 Å². The number of aryl methyl sites for hydroxylation is 2. The van der Waals surface area contributed by atoms with Crippen LogP contribution in [0.1, 0.15) is 73.0 Å². The number of carbonyl (C=O) groups is 2. The van der Waals surface area contributed by atoms with Crippen LogP contribution < -0.4 is 0 Å². The van der Waals surface area contributed by atoms with Crippen molar-refractivity contribution in [2.75, 3.05) is 19.6 Å². The zero-order chi connectivity index (χ0) is 21.5. The van der Waals surface area contributed by atoms with Gasteiger partial charge in [-0.15, -0.1) is 0 Å². The van der Waals surface area contributed by atoms with Crippen LogP contribution >= 0.6 is 0 Å². The van der Waals surface area contributed by atoms with Crippen LogP contribution in [-0.4, -0.2) is 51.2 Å². The van der Waals surface area contributed by atoms with E-state index in [9.17, 15) is 9.59 Å². The molecular weight excluding hydrogens is 376 g/mol. The Hall–Kier alpha value is -2.76. The quantitative estimate of drug-likeness (QED) is 0.696. The number of piperidine rings is 1. The predicted octanol–water partition coefficient (Wildman–Crippen LogP) is 3.95. The van der Waals surface area contributed by atoms with Crippen molar-refractivity contribution in [3.8, 4) is 0 Å². The summed E-state index contributed by atoms with van der Waals surface area (Å²) in [5.41, 5.74) is 2.39. The van der Waals surface area contributed by atoms with Crippen LogP contribution in [0, 0.1) is 6.92 Å².